The molecule has 0 saturated heterocycles. The van der Waals surface area contributed by atoms with Crippen molar-refractivity contribution in [3.63, 3.8) is 0 Å². The molecule has 0 saturated carbocycles. The van der Waals surface area contributed by atoms with E-state index in [1.54, 1.807) is 6.92 Å². The summed E-state index contributed by atoms with van der Waals surface area (Å²) in [5, 5.41) is 9.32. The maximum absolute atomic E-state index is 12.1. The Hall–Kier alpha value is -2.00. The van der Waals surface area contributed by atoms with E-state index in [0.717, 1.165) is 33.1 Å². The van der Waals surface area contributed by atoms with Gasteiger partial charge in [0.1, 0.15) is 26.4 Å². The Morgan fingerprint density at radius 3 is 2.71 bits per heavy atom. The van der Waals surface area contributed by atoms with Crippen LogP contribution < -0.4 is 0 Å². The van der Waals surface area contributed by atoms with E-state index >= 15 is 0 Å². The summed E-state index contributed by atoms with van der Waals surface area (Å²) < 4.78 is 5.13. The Bertz CT molecular complexity index is 903. The Morgan fingerprint density at radius 1 is 1.25 bits per heavy atom. The fourth-order valence-electron chi connectivity index (χ4n) is 2.24. The molecule has 0 aromatic carbocycles. The quantitative estimate of drug-likeness (QED) is 0.549. The number of hydrogen-bond acceptors (Lipinski definition) is 8. The number of ether oxygens (including phenoxy) is 1. The lowest BCUT2D eigenvalue weighted by Gasteiger charge is -2.02. The number of carbonyl (C=O) groups excluding carboxylic acids is 1. The highest BCUT2D eigenvalue weighted by molar-refractivity contribution is 7.99. The molecule has 0 bridgehead atoms. The van der Waals surface area contributed by atoms with Crippen LogP contribution in [0.1, 0.15) is 40.7 Å². The van der Waals surface area contributed by atoms with Crippen LogP contribution in [0.25, 0.3) is 10.2 Å². The summed E-state index contributed by atoms with van der Waals surface area (Å²) in [6, 6.07) is 0. The molecule has 3 aromatic rings. The Labute approximate surface area is 147 Å². The molecule has 0 unspecified atom stereocenters. The van der Waals surface area contributed by atoms with E-state index in [0.29, 0.717) is 22.5 Å². The highest BCUT2D eigenvalue weighted by Gasteiger charge is 2.22. The number of aryl methyl sites for hydroxylation is 3. The van der Waals surface area contributed by atoms with E-state index in [2.05, 4.69) is 25.1 Å². The van der Waals surface area contributed by atoms with Gasteiger partial charge < -0.3 is 4.74 Å². The fourth-order valence-corrected chi connectivity index (χ4v) is 4.37. The number of nitrogens with one attached hydrogen (secondary N) is 1. The molecule has 0 fully saturated rings. The standard InChI is InChI=1S/C15H17N5O2S2/c1-5-9-18-15(20-19-9)24-13-10-7(3)11(14(21)22-6-2)23-12(10)16-8(4)17-13/h5-6H2,1-4H3,(H,18,19,20). The average Bonchev–Trinajstić information content (AvgIpc) is 3.12. The van der Waals surface area contributed by atoms with E-state index in [4.69, 9.17) is 4.74 Å². The van der Waals surface area contributed by atoms with Crippen molar-refractivity contribution in [1.29, 1.82) is 0 Å². The van der Waals surface area contributed by atoms with Gasteiger partial charge >= 0.3 is 5.97 Å². The molecule has 0 radical (unpaired) electrons. The molecule has 0 aliphatic rings. The van der Waals surface area contributed by atoms with Crippen molar-refractivity contribution in [3.05, 3.63) is 22.1 Å². The normalized spacial score (nSPS) is 11.2. The van der Waals surface area contributed by atoms with Gasteiger partial charge in [0, 0.05) is 11.8 Å². The van der Waals surface area contributed by atoms with Gasteiger partial charge in [0.25, 0.3) is 0 Å². The number of hydrogen-bond donors (Lipinski definition) is 1. The van der Waals surface area contributed by atoms with Gasteiger partial charge in [-0.05, 0) is 38.1 Å². The van der Waals surface area contributed by atoms with Crippen LogP contribution in [0.5, 0.6) is 0 Å². The fraction of sp³-hybridized carbons (Fsp3) is 0.400. The van der Waals surface area contributed by atoms with Crippen molar-refractivity contribution in [2.45, 2.75) is 44.3 Å². The first kappa shape index (κ1) is 16.8. The van der Waals surface area contributed by atoms with Crippen LogP contribution in [-0.2, 0) is 11.2 Å². The molecule has 1 N–H and O–H groups in total. The van der Waals surface area contributed by atoms with Crippen LogP contribution in [0.15, 0.2) is 10.2 Å². The summed E-state index contributed by atoms with van der Waals surface area (Å²) in [6.45, 7) is 7.87. The zero-order valence-electron chi connectivity index (χ0n) is 13.8. The third-order valence-corrected chi connectivity index (χ3v) is 5.38. The Balaban J connectivity index is 2.08. The van der Waals surface area contributed by atoms with Crippen molar-refractivity contribution in [3.8, 4) is 0 Å². The number of H-pyrrole nitrogens is 1. The highest BCUT2D eigenvalue weighted by atomic mass is 32.2. The summed E-state index contributed by atoms with van der Waals surface area (Å²) in [7, 11) is 0. The van der Waals surface area contributed by atoms with Crippen LogP contribution in [0.3, 0.4) is 0 Å². The number of carbonyl (C=O) groups is 1. The lowest BCUT2D eigenvalue weighted by molar-refractivity contribution is 0.0531. The number of esters is 1. The van der Waals surface area contributed by atoms with E-state index < -0.39 is 0 Å². The molecular formula is C15H17N5O2S2. The third kappa shape index (κ3) is 3.13. The van der Waals surface area contributed by atoms with E-state index in [-0.39, 0.29) is 5.97 Å². The van der Waals surface area contributed by atoms with E-state index in [9.17, 15) is 4.79 Å². The van der Waals surface area contributed by atoms with Gasteiger partial charge in [-0.25, -0.2) is 19.7 Å². The predicted octanol–water partition coefficient (Wildman–Crippen LogP) is 3.32. The average molecular weight is 363 g/mol. The minimum Gasteiger partial charge on any atom is -0.462 e. The molecule has 0 spiro atoms. The monoisotopic (exact) mass is 363 g/mol. The van der Waals surface area contributed by atoms with Gasteiger partial charge in [-0.3, -0.25) is 5.10 Å². The SMILES string of the molecule is CCOC(=O)c1sc2nc(C)nc(Sc3n[nH]c(CC)n3)c2c1C. The summed E-state index contributed by atoms with van der Waals surface area (Å²) in [5.41, 5.74) is 0.835. The molecule has 7 nitrogen and oxygen atoms in total. The van der Waals surface area contributed by atoms with Crippen molar-refractivity contribution < 1.29 is 9.53 Å². The molecule has 0 aliphatic heterocycles. The number of aromatic nitrogens is 5. The van der Waals surface area contributed by atoms with Crippen LogP contribution in [-0.4, -0.2) is 37.7 Å². The maximum Gasteiger partial charge on any atom is 0.348 e. The predicted molar refractivity (Wildman–Crippen MR) is 92.7 cm³/mol. The topological polar surface area (TPSA) is 93.6 Å². The zero-order valence-corrected chi connectivity index (χ0v) is 15.5. The number of nitrogens with zero attached hydrogens (tertiary/aromatic N) is 4. The Morgan fingerprint density at radius 2 is 2.04 bits per heavy atom. The van der Waals surface area contributed by atoms with Crippen molar-refractivity contribution >= 4 is 39.3 Å². The smallest absolute Gasteiger partial charge is 0.348 e. The molecule has 0 aliphatic carbocycles. The minimum atomic E-state index is -0.322. The number of rotatable bonds is 5. The summed E-state index contributed by atoms with van der Waals surface area (Å²) in [4.78, 5) is 26.9. The second-order valence-corrected chi connectivity index (χ2v) is 7.01. The summed E-state index contributed by atoms with van der Waals surface area (Å²) in [6.07, 6.45) is 0.788. The van der Waals surface area contributed by atoms with Crippen LogP contribution in [0.4, 0.5) is 0 Å². The molecule has 3 rings (SSSR count). The molecule has 3 aromatic heterocycles. The molecule has 126 valence electrons. The van der Waals surface area contributed by atoms with Gasteiger partial charge in [-0.1, -0.05) is 6.92 Å². The number of thiophene rings is 1. The lowest BCUT2D eigenvalue weighted by atomic mass is 10.2. The largest absolute Gasteiger partial charge is 0.462 e. The third-order valence-electron chi connectivity index (χ3n) is 3.36. The second kappa shape index (κ2) is 6.86. The van der Waals surface area contributed by atoms with Gasteiger partial charge in [0.2, 0.25) is 5.16 Å². The first-order valence-electron chi connectivity index (χ1n) is 7.57. The lowest BCUT2D eigenvalue weighted by Crippen LogP contribution is -2.03. The van der Waals surface area contributed by atoms with Gasteiger partial charge in [0.05, 0.1) is 6.61 Å². The zero-order chi connectivity index (χ0) is 17.3. The van der Waals surface area contributed by atoms with Crippen LogP contribution in [0.2, 0.25) is 0 Å². The summed E-state index contributed by atoms with van der Waals surface area (Å²) in [5.74, 6) is 1.15. The van der Waals surface area contributed by atoms with Crippen molar-refractivity contribution in [1.82, 2.24) is 25.1 Å². The second-order valence-electron chi connectivity index (χ2n) is 5.05. The van der Waals surface area contributed by atoms with Crippen molar-refractivity contribution in [2.75, 3.05) is 6.61 Å². The van der Waals surface area contributed by atoms with Crippen molar-refractivity contribution in [2.24, 2.45) is 0 Å². The van der Waals surface area contributed by atoms with Gasteiger partial charge in [0.15, 0.2) is 0 Å². The van der Waals surface area contributed by atoms with Crippen LogP contribution >= 0.6 is 23.1 Å². The van der Waals surface area contributed by atoms with E-state index in [1.165, 1.54) is 23.1 Å². The molecular weight excluding hydrogens is 346 g/mol. The Kier molecular flexibility index (Phi) is 4.81. The molecule has 0 amide bonds. The summed E-state index contributed by atoms with van der Waals surface area (Å²) >= 11 is 2.70. The maximum atomic E-state index is 12.1. The van der Waals surface area contributed by atoms with Gasteiger partial charge in [-0.2, -0.15) is 0 Å². The number of fused-ring (bicyclic) bond motifs is 1. The minimum absolute atomic E-state index is 0.322. The molecule has 0 atom stereocenters. The molecule has 24 heavy (non-hydrogen) atoms. The number of aromatic amines is 1. The highest BCUT2D eigenvalue weighted by Crippen LogP contribution is 2.37. The van der Waals surface area contributed by atoms with E-state index in [1.807, 2.05) is 20.8 Å². The van der Waals surface area contributed by atoms with Gasteiger partial charge in [-0.15, -0.1) is 16.4 Å². The molecule has 9 heteroatoms. The first-order valence-corrected chi connectivity index (χ1v) is 9.20. The molecule has 3 heterocycles. The van der Waals surface area contributed by atoms with Crippen LogP contribution in [0, 0.1) is 13.8 Å². The first-order chi connectivity index (χ1) is 11.5.